The molecule has 5 heteroatoms. The van der Waals surface area contributed by atoms with E-state index in [4.69, 9.17) is 4.74 Å². The monoisotopic (exact) mass is 277 g/mol. The highest BCUT2D eigenvalue weighted by Crippen LogP contribution is 2.29. The van der Waals surface area contributed by atoms with Crippen LogP contribution >= 0.6 is 0 Å². The molecular formula is C15H23N3O2. The van der Waals surface area contributed by atoms with Gasteiger partial charge in [-0.05, 0) is 26.0 Å². The molecule has 1 aromatic carbocycles. The van der Waals surface area contributed by atoms with Gasteiger partial charge in [-0.1, -0.05) is 6.07 Å². The normalized spacial score (nSPS) is 13.4. The molecule has 1 heterocycles. The molecule has 0 atom stereocenters. The maximum atomic E-state index is 12.8. The topological polar surface area (TPSA) is 53.6 Å². The standard InChI is InChI=1S/C15H23N3O2/c1-11(2)18(9-10-20-3)15(19)12-5-4-6-13-14(12)17-8-7-16-13/h4-6,11,16-17H,7-10H2,1-3H3. The van der Waals surface area contributed by atoms with E-state index in [9.17, 15) is 4.79 Å². The highest BCUT2D eigenvalue weighted by atomic mass is 16.5. The minimum Gasteiger partial charge on any atom is -0.383 e. The van der Waals surface area contributed by atoms with Crippen LogP contribution in [-0.4, -0.2) is 50.2 Å². The van der Waals surface area contributed by atoms with Crippen LogP contribution in [0.5, 0.6) is 0 Å². The summed E-state index contributed by atoms with van der Waals surface area (Å²) in [5, 5.41) is 6.63. The predicted molar refractivity (Wildman–Crippen MR) is 81.5 cm³/mol. The lowest BCUT2D eigenvalue weighted by Crippen LogP contribution is -2.40. The molecule has 2 N–H and O–H groups in total. The van der Waals surface area contributed by atoms with Gasteiger partial charge in [0.1, 0.15) is 0 Å². The number of carbonyl (C=O) groups is 1. The largest absolute Gasteiger partial charge is 0.383 e. The van der Waals surface area contributed by atoms with Gasteiger partial charge in [0, 0.05) is 32.8 Å². The first-order valence-corrected chi connectivity index (χ1v) is 7.05. The van der Waals surface area contributed by atoms with Crippen molar-refractivity contribution >= 4 is 17.3 Å². The van der Waals surface area contributed by atoms with Crippen LogP contribution in [0.1, 0.15) is 24.2 Å². The van der Waals surface area contributed by atoms with E-state index in [1.807, 2.05) is 36.9 Å². The number of nitrogens with zero attached hydrogens (tertiary/aromatic N) is 1. The summed E-state index contributed by atoms with van der Waals surface area (Å²) >= 11 is 0. The van der Waals surface area contributed by atoms with E-state index in [1.165, 1.54) is 0 Å². The number of anilines is 2. The number of carbonyl (C=O) groups excluding carboxylic acids is 1. The van der Waals surface area contributed by atoms with Crippen LogP contribution in [0.25, 0.3) is 0 Å². The number of rotatable bonds is 5. The number of benzene rings is 1. The number of amides is 1. The first-order chi connectivity index (χ1) is 9.65. The Morgan fingerprint density at radius 1 is 1.35 bits per heavy atom. The summed E-state index contributed by atoms with van der Waals surface area (Å²) in [5.41, 5.74) is 2.63. The molecule has 0 fully saturated rings. The van der Waals surface area contributed by atoms with Gasteiger partial charge in [-0.25, -0.2) is 0 Å². The van der Waals surface area contributed by atoms with Gasteiger partial charge in [0.25, 0.3) is 5.91 Å². The average Bonchev–Trinajstić information content (AvgIpc) is 2.46. The number of hydrogen-bond acceptors (Lipinski definition) is 4. The lowest BCUT2D eigenvalue weighted by Gasteiger charge is -2.29. The first kappa shape index (κ1) is 14.7. The zero-order valence-electron chi connectivity index (χ0n) is 12.4. The van der Waals surface area contributed by atoms with Crippen molar-refractivity contribution in [1.82, 2.24) is 4.90 Å². The van der Waals surface area contributed by atoms with Crippen LogP contribution in [-0.2, 0) is 4.74 Å². The molecule has 0 bridgehead atoms. The van der Waals surface area contributed by atoms with Gasteiger partial charge in [0.15, 0.2) is 0 Å². The van der Waals surface area contributed by atoms with Crippen molar-refractivity contribution in [1.29, 1.82) is 0 Å². The minimum atomic E-state index is 0.0464. The van der Waals surface area contributed by atoms with E-state index in [0.717, 1.165) is 30.0 Å². The first-order valence-electron chi connectivity index (χ1n) is 7.05. The van der Waals surface area contributed by atoms with E-state index in [0.29, 0.717) is 13.2 Å². The molecule has 2 rings (SSSR count). The minimum absolute atomic E-state index is 0.0464. The number of ether oxygens (including phenoxy) is 1. The van der Waals surface area contributed by atoms with Gasteiger partial charge in [-0.3, -0.25) is 4.79 Å². The van der Waals surface area contributed by atoms with Gasteiger partial charge in [0.05, 0.1) is 23.5 Å². The van der Waals surface area contributed by atoms with Crippen molar-refractivity contribution in [3.05, 3.63) is 23.8 Å². The van der Waals surface area contributed by atoms with Crippen molar-refractivity contribution in [3.8, 4) is 0 Å². The Bertz CT molecular complexity index is 474. The lowest BCUT2D eigenvalue weighted by atomic mass is 10.1. The van der Waals surface area contributed by atoms with Gasteiger partial charge in [0.2, 0.25) is 0 Å². The Morgan fingerprint density at radius 3 is 2.80 bits per heavy atom. The second kappa shape index (κ2) is 6.61. The third-order valence-corrected chi connectivity index (χ3v) is 3.46. The van der Waals surface area contributed by atoms with Crippen molar-refractivity contribution in [2.75, 3.05) is 44.0 Å². The smallest absolute Gasteiger partial charge is 0.256 e. The Labute approximate surface area is 120 Å². The summed E-state index contributed by atoms with van der Waals surface area (Å²) in [6.07, 6.45) is 0. The molecule has 1 amide bonds. The molecule has 110 valence electrons. The fourth-order valence-corrected chi connectivity index (χ4v) is 2.39. The number of hydrogen-bond donors (Lipinski definition) is 2. The number of para-hydroxylation sites is 1. The maximum Gasteiger partial charge on any atom is 0.256 e. The molecule has 1 aliphatic rings. The molecule has 0 radical (unpaired) electrons. The summed E-state index contributed by atoms with van der Waals surface area (Å²) in [4.78, 5) is 14.6. The molecule has 0 unspecified atom stereocenters. The summed E-state index contributed by atoms with van der Waals surface area (Å²) in [6.45, 7) is 6.90. The van der Waals surface area contributed by atoms with Crippen LogP contribution in [0, 0.1) is 0 Å². The van der Waals surface area contributed by atoms with E-state index in [-0.39, 0.29) is 11.9 Å². The molecule has 0 spiro atoms. The van der Waals surface area contributed by atoms with Crippen molar-refractivity contribution in [3.63, 3.8) is 0 Å². The molecule has 1 aliphatic heterocycles. The van der Waals surface area contributed by atoms with Gasteiger partial charge in [-0.2, -0.15) is 0 Å². The van der Waals surface area contributed by atoms with E-state index in [1.54, 1.807) is 7.11 Å². The zero-order valence-corrected chi connectivity index (χ0v) is 12.4. The fourth-order valence-electron chi connectivity index (χ4n) is 2.39. The molecule has 0 saturated carbocycles. The second-order valence-corrected chi connectivity index (χ2v) is 5.17. The predicted octanol–water partition coefficient (Wildman–Crippen LogP) is 2.02. The molecule has 1 aromatic rings. The quantitative estimate of drug-likeness (QED) is 0.864. The molecule has 0 aromatic heterocycles. The summed E-state index contributed by atoms with van der Waals surface area (Å²) < 4.78 is 5.10. The summed E-state index contributed by atoms with van der Waals surface area (Å²) in [5.74, 6) is 0.0464. The van der Waals surface area contributed by atoms with Gasteiger partial charge >= 0.3 is 0 Å². The number of fused-ring (bicyclic) bond motifs is 1. The Balaban J connectivity index is 2.27. The maximum absolute atomic E-state index is 12.8. The van der Waals surface area contributed by atoms with E-state index in [2.05, 4.69) is 10.6 Å². The summed E-state index contributed by atoms with van der Waals surface area (Å²) in [6, 6.07) is 5.93. The van der Waals surface area contributed by atoms with Crippen LogP contribution in [0.4, 0.5) is 11.4 Å². The van der Waals surface area contributed by atoms with Crippen molar-refractivity contribution in [2.45, 2.75) is 19.9 Å². The average molecular weight is 277 g/mol. The number of methoxy groups -OCH3 is 1. The highest BCUT2D eigenvalue weighted by molar-refractivity contribution is 6.03. The van der Waals surface area contributed by atoms with Crippen LogP contribution in [0.2, 0.25) is 0 Å². The molecular weight excluding hydrogens is 254 g/mol. The lowest BCUT2D eigenvalue weighted by molar-refractivity contribution is 0.0636. The van der Waals surface area contributed by atoms with Gasteiger partial charge < -0.3 is 20.3 Å². The van der Waals surface area contributed by atoms with Gasteiger partial charge in [-0.15, -0.1) is 0 Å². The fraction of sp³-hybridized carbons (Fsp3) is 0.533. The van der Waals surface area contributed by atoms with Crippen LogP contribution in [0.3, 0.4) is 0 Å². The Kier molecular flexibility index (Phi) is 4.84. The SMILES string of the molecule is COCCN(C(=O)c1cccc2c1NCCN2)C(C)C. The molecule has 20 heavy (non-hydrogen) atoms. The molecule has 0 saturated heterocycles. The Hall–Kier alpha value is -1.75. The van der Waals surface area contributed by atoms with Crippen LogP contribution in [0.15, 0.2) is 18.2 Å². The highest BCUT2D eigenvalue weighted by Gasteiger charge is 2.23. The third kappa shape index (κ3) is 3.04. The second-order valence-electron chi connectivity index (χ2n) is 5.17. The van der Waals surface area contributed by atoms with Crippen LogP contribution < -0.4 is 10.6 Å². The van der Waals surface area contributed by atoms with Crippen molar-refractivity contribution in [2.24, 2.45) is 0 Å². The van der Waals surface area contributed by atoms with E-state index >= 15 is 0 Å². The summed E-state index contributed by atoms with van der Waals surface area (Å²) in [7, 11) is 1.65. The third-order valence-electron chi connectivity index (χ3n) is 3.46. The van der Waals surface area contributed by atoms with E-state index < -0.39 is 0 Å². The Morgan fingerprint density at radius 2 is 2.10 bits per heavy atom. The zero-order chi connectivity index (χ0) is 14.5. The molecule has 5 nitrogen and oxygen atoms in total. The van der Waals surface area contributed by atoms with Crippen molar-refractivity contribution < 1.29 is 9.53 Å². The molecule has 0 aliphatic carbocycles. The number of nitrogens with one attached hydrogen (secondary N) is 2.